The molecular weight excluding hydrogens is 332 g/mol. The largest absolute Gasteiger partial charge is 0.496 e. The highest BCUT2D eigenvalue weighted by Crippen LogP contribution is 2.34. The summed E-state index contributed by atoms with van der Waals surface area (Å²) in [6.45, 7) is 4.21. The Balaban J connectivity index is 0.00000529. The van der Waals surface area contributed by atoms with Crippen molar-refractivity contribution >= 4 is 18.3 Å². The maximum atomic E-state index is 12.1. The first kappa shape index (κ1) is 22.3. The van der Waals surface area contributed by atoms with Gasteiger partial charge in [-0.25, -0.2) is 0 Å². The van der Waals surface area contributed by atoms with Crippen molar-refractivity contribution in [3.63, 3.8) is 0 Å². The molecule has 1 unspecified atom stereocenters. The van der Waals surface area contributed by atoms with Crippen LogP contribution in [0.1, 0.15) is 32.3 Å². The van der Waals surface area contributed by atoms with Gasteiger partial charge in [0.05, 0.1) is 26.9 Å². The van der Waals surface area contributed by atoms with Crippen LogP contribution in [-0.2, 0) is 11.2 Å². The van der Waals surface area contributed by atoms with E-state index >= 15 is 0 Å². The van der Waals surface area contributed by atoms with Crippen LogP contribution in [0.5, 0.6) is 17.2 Å². The van der Waals surface area contributed by atoms with Crippen molar-refractivity contribution in [2.45, 2.75) is 38.6 Å². The molecule has 24 heavy (non-hydrogen) atoms. The highest BCUT2D eigenvalue weighted by atomic mass is 35.5. The van der Waals surface area contributed by atoms with Gasteiger partial charge in [0.1, 0.15) is 17.2 Å². The molecule has 0 spiro atoms. The number of carbonyl (C=O) groups excluding carboxylic acids is 1. The van der Waals surface area contributed by atoms with Crippen LogP contribution in [0.4, 0.5) is 0 Å². The number of benzene rings is 1. The average molecular weight is 361 g/mol. The van der Waals surface area contributed by atoms with E-state index in [0.29, 0.717) is 36.6 Å². The first-order valence-electron chi connectivity index (χ1n) is 7.75. The second-order valence-corrected chi connectivity index (χ2v) is 5.68. The van der Waals surface area contributed by atoms with Crippen molar-refractivity contribution in [3.05, 3.63) is 17.7 Å². The molecule has 0 heterocycles. The van der Waals surface area contributed by atoms with Gasteiger partial charge in [-0.2, -0.15) is 0 Å². The molecule has 1 amide bonds. The van der Waals surface area contributed by atoms with Gasteiger partial charge in [-0.15, -0.1) is 12.4 Å². The lowest BCUT2D eigenvalue weighted by Gasteiger charge is -2.23. The summed E-state index contributed by atoms with van der Waals surface area (Å²) in [6.07, 6.45) is 2.08. The van der Waals surface area contributed by atoms with Crippen molar-refractivity contribution in [2.75, 3.05) is 27.9 Å². The molecule has 0 saturated heterocycles. The molecule has 0 aliphatic carbocycles. The lowest BCUT2D eigenvalue weighted by molar-refractivity contribution is -0.126. The lowest BCUT2D eigenvalue weighted by Crippen LogP contribution is -2.51. The van der Waals surface area contributed by atoms with Gasteiger partial charge in [0.15, 0.2) is 0 Å². The van der Waals surface area contributed by atoms with Gasteiger partial charge in [-0.1, -0.05) is 13.3 Å². The lowest BCUT2D eigenvalue weighted by atomic mass is 9.96. The third-order valence-corrected chi connectivity index (χ3v) is 3.77. The second kappa shape index (κ2) is 10.3. The van der Waals surface area contributed by atoms with Gasteiger partial charge in [-0.05, 0) is 19.8 Å². The van der Waals surface area contributed by atoms with Crippen LogP contribution in [0.25, 0.3) is 0 Å². The van der Waals surface area contributed by atoms with Gasteiger partial charge in [0, 0.05) is 24.2 Å². The Morgan fingerprint density at radius 1 is 1.17 bits per heavy atom. The number of halogens is 1. The fourth-order valence-corrected chi connectivity index (χ4v) is 2.46. The van der Waals surface area contributed by atoms with Crippen LogP contribution >= 0.6 is 12.4 Å². The summed E-state index contributed by atoms with van der Waals surface area (Å²) in [7, 11) is 4.77. The minimum Gasteiger partial charge on any atom is -0.496 e. The molecule has 0 aliphatic heterocycles. The van der Waals surface area contributed by atoms with E-state index in [4.69, 9.17) is 19.9 Å². The van der Waals surface area contributed by atoms with Gasteiger partial charge < -0.3 is 25.3 Å². The number of hydrogen-bond donors (Lipinski definition) is 2. The first-order valence-corrected chi connectivity index (χ1v) is 7.75. The zero-order valence-electron chi connectivity index (χ0n) is 15.1. The van der Waals surface area contributed by atoms with Crippen molar-refractivity contribution < 1.29 is 19.0 Å². The van der Waals surface area contributed by atoms with E-state index in [9.17, 15) is 4.79 Å². The number of nitrogens with one attached hydrogen (secondary N) is 1. The smallest absolute Gasteiger partial charge is 0.239 e. The van der Waals surface area contributed by atoms with E-state index in [1.807, 2.05) is 6.92 Å². The van der Waals surface area contributed by atoms with Crippen LogP contribution in [0, 0.1) is 0 Å². The maximum absolute atomic E-state index is 12.1. The molecule has 1 atom stereocenters. The molecule has 6 nitrogen and oxygen atoms in total. The van der Waals surface area contributed by atoms with E-state index < -0.39 is 5.54 Å². The predicted molar refractivity (Wildman–Crippen MR) is 97.6 cm³/mol. The molecule has 1 rings (SSSR count). The van der Waals surface area contributed by atoms with Crippen LogP contribution < -0.4 is 25.3 Å². The first-order chi connectivity index (χ1) is 10.9. The molecule has 0 fully saturated rings. The molecule has 0 aromatic heterocycles. The number of rotatable bonds is 9. The Kier molecular flexibility index (Phi) is 9.55. The Labute approximate surface area is 150 Å². The van der Waals surface area contributed by atoms with E-state index in [0.717, 1.165) is 12.0 Å². The van der Waals surface area contributed by atoms with E-state index in [1.54, 1.807) is 40.4 Å². The van der Waals surface area contributed by atoms with Crippen molar-refractivity contribution in [1.82, 2.24) is 5.32 Å². The van der Waals surface area contributed by atoms with E-state index in [1.165, 1.54) is 0 Å². The molecule has 3 N–H and O–H groups in total. The number of hydrogen-bond acceptors (Lipinski definition) is 5. The molecule has 7 heteroatoms. The summed E-state index contributed by atoms with van der Waals surface area (Å²) >= 11 is 0. The summed E-state index contributed by atoms with van der Waals surface area (Å²) in [6, 6.07) is 3.59. The van der Waals surface area contributed by atoms with E-state index in [2.05, 4.69) is 5.32 Å². The molecule has 0 aliphatic rings. The standard InChI is InChI=1S/C17H28N2O4.ClH/c1-6-8-17(2,18)16(20)19-9-7-13-14(22-4)10-12(21-3)11-15(13)23-5;/h10-11H,6-9,18H2,1-5H3,(H,19,20);1H. The quantitative estimate of drug-likeness (QED) is 0.706. The molecule has 0 radical (unpaired) electrons. The van der Waals surface area contributed by atoms with Gasteiger partial charge in [-0.3, -0.25) is 4.79 Å². The molecular formula is C17H29ClN2O4. The minimum absolute atomic E-state index is 0. The Hall–Kier alpha value is -1.66. The van der Waals surface area contributed by atoms with Gasteiger partial charge in [0.2, 0.25) is 5.91 Å². The van der Waals surface area contributed by atoms with Crippen LogP contribution in [0.15, 0.2) is 12.1 Å². The summed E-state index contributed by atoms with van der Waals surface area (Å²) in [4.78, 5) is 12.1. The highest BCUT2D eigenvalue weighted by molar-refractivity contribution is 5.85. The summed E-state index contributed by atoms with van der Waals surface area (Å²) in [5, 5.41) is 2.88. The Bertz CT molecular complexity index is 510. The van der Waals surface area contributed by atoms with Gasteiger partial charge in [0.25, 0.3) is 0 Å². The average Bonchev–Trinajstić information content (AvgIpc) is 2.54. The number of amides is 1. The highest BCUT2D eigenvalue weighted by Gasteiger charge is 2.26. The summed E-state index contributed by atoms with van der Waals surface area (Å²) in [5.41, 5.74) is 6.06. The summed E-state index contributed by atoms with van der Waals surface area (Å²) in [5.74, 6) is 1.84. The zero-order valence-corrected chi connectivity index (χ0v) is 15.9. The number of carbonyl (C=O) groups is 1. The van der Waals surface area contributed by atoms with Crippen molar-refractivity contribution in [3.8, 4) is 17.2 Å². The number of ether oxygens (including phenoxy) is 3. The normalized spacial score (nSPS) is 12.6. The van der Waals surface area contributed by atoms with Crippen LogP contribution in [0.2, 0.25) is 0 Å². The molecule has 0 bridgehead atoms. The third-order valence-electron chi connectivity index (χ3n) is 3.77. The molecule has 0 saturated carbocycles. The minimum atomic E-state index is -0.844. The monoisotopic (exact) mass is 360 g/mol. The molecule has 1 aromatic carbocycles. The fraction of sp³-hybridized carbons (Fsp3) is 0.588. The topological polar surface area (TPSA) is 82.8 Å². The second-order valence-electron chi connectivity index (χ2n) is 5.68. The summed E-state index contributed by atoms with van der Waals surface area (Å²) < 4.78 is 16.0. The predicted octanol–water partition coefficient (Wildman–Crippen LogP) is 2.31. The van der Waals surface area contributed by atoms with Gasteiger partial charge >= 0.3 is 0 Å². The maximum Gasteiger partial charge on any atom is 0.239 e. The Morgan fingerprint density at radius 2 is 1.71 bits per heavy atom. The number of methoxy groups -OCH3 is 3. The fourth-order valence-electron chi connectivity index (χ4n) is 2.46. The zero-order chi connectivity index (χ0) is 17.5. The van der Waals surface area contributed by atoms with E-state index in [-0.39, 0.29) is 18.3 Å². The van der Waals surface area contributed by atoms with Crippen molar-refractivity contribution in [2.24, 2.45) is 5.73 Å². The third kappa shape index (κ3) is 5.76. The SMILES string of the molecule is CCCC(C)(N)C(=O)NCCc1c(OC)cc(OC)cc1OC.Cl. The van der Waals surface area contributed by atoms with Crippen LogP contribution in [0.3, 0.4) is 0 Å². The van der Waals surface area contributed by atoms with Crippen molar-refractivity contribution in [1.29, 1.82) is 0 Å². The Morgan fingerprint density at radius 3 is 2.12 bits per heavy atom. The number of nitrogens with two attached hydrogens (primary N) is 1. The van der Waals surface area contributed by atoms with Crippen LogP contribution in [-0.4, -0.2) is 39.3 Å². The molecule has 138 valence electrons. The molecule has 1 aromatic rings.